The Morgan fingerprint density at radius 3 is 2.75 bits per heavy atom. The summed E-state index contributed by atoms with van der Waals surface area (Å²) in [6.07, 6.45) is -0.231. The minimum atomic E-state index is -1.11. The standard InChI is InChI=1S/C21H21BrN4O6/c1-10-13(22)6-5-12-16(10)26(11-3-4-11)19(28)15-17(12)32-20(23-15)24(2)18(27)14-9-25(21(29)30)7-8-31-14/h5-6,11,14H,3-4,7-9H2,1-2H3,(H,29,30)/t14-/m1/s1. The maximum atomic E-state index is 13.3. The smallest absolute Gasteiger partial charge is 0.407 e. The van der Waals surface area contributed by atoms with Gasteiger partial charge in [0.15, 0.2) is 17.2 Å². The predicted molar refractivity (Wildman–Crippen MR) is 119 cm³/mol. The normalized spacial score (nSPS) is 19.0. The van der Waals surface area contributed by atoms with Crippen LogP contribution in [-0.2, 0) is 9.53 Å². The number of carboxylic acid groups (broad SMARTS) is 1. The van der Waals surface area contributed by atoms with Crippen LogP contribution in [0.1, 0.15) is 24.4 Å². The van der Waals surface area contributed by atoms with E-state index >= 15 is 0 Å². The number of halogens is 1. The van der Waals surface area contributed by atoms with E-state index in [9.17, 15) is 19.5 Å². The lowest BCUT2D eigenvalue weighted by Crippen LogP contribution is -2.51. The lowest BCUT2D eigenvalue weighted by molar-refractivity contribution is -0.134. The van der Waals surface area contributed by atoms with Crippen LogP contribution in [-0.4, -0.2) is 64.4 Å². The second-order valence-corrected chi connectivity index (χ2v) is 8.99. The highest BCUT2D eigenvalue weighted by atomic mass is 79.9. The van der Waals surface area contributed by atoms with Crippen molar-refractivity contribution >= 4 is 55.9 Å². The van der Waals surface area contributed by atoms with E-state index in [2.05, 4.69) is 20.9 Å². The Hall–Kier alpha value is -2.92. The maximum Gasteiger partial charge on any atom is 0.407 e. The first kappa shape index (κ1) is 21.0. The van der Waals surface area contributed by atoms with E-state index in [1.54, 1.807) is 4.57 Å². The fourth-order valence-corrected chi connectivity index (χ4v) is 4.45. The molecule has 1 atom stereocenters. The Morgan fingerprint density at radius 2 is 2.06 bits per heavy atom. The maximum absolute atomic E-state index is 13.3. The number of fused-ring (bicyclic) bond motifs is 3. The third-order valence-corrected chi connectivity index (χ3v) is 6.89. The zero-order chi connectivity index (χ0) is 22.7. The first-order valence-corrected chi connectivity index (χ1v) is 11.1. The van der Waals surface area contributed by atoms with Crippen molar-refractivity contribution in [2.75, 3.05) is 31.6 Å². The monoisotopic (exact) mass is 504 g/mol. The minimum Gasteiger partial charge on any atom is -0.465 e. The number of oxazole rings is 1. The summed E-state index contributed by atoms with van der Waals surface area (Å²) in [5.41, 5.74) is 1.96. The number of likely N-dealkylation sites (N-methyl/N-ethyl adjacent to an activating group) is 1. The van der Waals surface area contributed by atoms with Gasteiger partial charge in [-0.25, -0.2) is 4.79 Å². The zero-order valence-electron chi connectivity index (χ0n) is 17.5. The van der Waals surface area contributed by atoms with Gasteiger partial charge in [-0.2, -0.15) is 4.98 Å². The van der Waals surface area contributed by atoms with Crippen LogP contribution in [0, 0.1) is 6.92 Å². The molecule has 1 N–H and O–H groups in total. The number of hydrogen-bond acceptors (Lipinski definition) is 6. The summed E-state index contributed by atoms with van der Waals surface area (Å²) in [5.74, 6) is -0.492. The molecule has 3 aromatic rings. The van der Waals surface area contributed by atoms with Crippen LogP contribution in [0.5, 0.6) is 0 Å². The second kappa shape index (κ2) is 7.59. The van der Waals surface area contributed by atoms with E-state index in [4.69, 9.17) is 9.15 Å². The molecular weight excluding hydrogens is 484 g/mol. The van der Waals surface area contributed by atoms with E-state index in [0.29, 0.717) is 5.58 Å². The molecule has 2 aliphatic rings. The molecule has 0 unspecified atom stereocenters. The van der Waals surface area contributed by atoms with E-state index in [0.717, 1.165) is 38.7 Å². The SMILES string of the molecule is Cc1c(Br)ccc2c3oc(N(C)C(=O)[C@H]4CN(C(=O)O)CCO4)nc3c(=O)n(C3CC3)c12. The molecule has 2 fully saturated rings. The van der Waals surface area contributed by atoms with Gasteiger partial charge in [-0.3, -0.25) is 14.5 Å². The zero-order valence-corrected chi connectivity index (χ0v) is 19.1. The molecular formula is C21H21BrN4O6. The van der Waals surface area contributed by atoms with Crippen LogP contribution >= 0.6 is 15.9 Å². The predicted octanol–water partition coefficient (Wildman–Crippen LogP) is 2.89. The molecule has 0 spiro atoms. The number of ether oxygens (including phenoxy) is 1. The number of benzene rings is 1. The highest BCUT2D eigenvalue weighted by molar-refractivity contribution is 9.10. The van der Waals surface area contributed by atoms with Crippen molar-refractivity contribution in [2.45, 2.75) is 31.9 Å². The van der Waals surface area contributed by atoms with E-state index in [1.165, 1.54) is 11.9 Å². The van der Waals surface area contributed by atoms with Crippen molar-refractivity contribution in [3.05, 3.63) is 32.5 Å². The van der Waals surface area contributed by atoms with Crippen LogP contribution in [0.3, 0.4) is 0 Å². The number of aromatic nitrogens is 2. The number of carbonyl (C=O) groups is 2. The quantitative estimate of drug-likeness (QED) is 0.582. The molecule has 1 aliphatic heterocycles. The van der Waals surface area contributed by atoms with Gasteiger partial charge in [0.25, 0.3) is 11.5 Å². The Kier molecular flexibility index (Phi) is 4.97. The molecule has 32 heavy (non-hydrogen) atoms. The summed E-state index contributed by atoms with van der Waals surface area (Å²) < 4.78 is 14.1. The number of amides is 2. The van der Waals surface area contributed by atoms with Gasteiger partial charge in [0.2, 0.25) is 0 Å². The van der Waals surface area contributed by atoms with E-state index in [-0.39, 0.29) is 42.8 Å². The van der Waals surface area contributed by atoms with Gasteiger partial charge in [-0.1, -0.05) is 15.9 Å². The van der Waals surface area contributed by atoms with E-state index < -0.39 is 18.1 Å². The first-order chi connectivity index (χ1) is 15.3. The fraction of sp³-hybridized carbons (Fsp3) is 0.429. The molecule has 5 rings (SSSR count). The second-order valence-electron chi connectivity index (χ2n) is 8.13. The number of hydrogen-bond donors (Lipinski definition) is 1. The van der Waals surface area contributed by atoms with E-state index in [1.807, 2.05) is 19.1 Å². The van der Waals surface area contributed by atoms with Crippen molar-refractivity contribution < 1.29 is 23.8 Å². The minimum absolute atomic E-state index is 0.0337. The Morgan fingerprint density at radius 1 is 1.31 bits per heavy atom. The van der Waals surface area contributed by atoms with Crippen molar-refractivity contribution in [3.8, 4) is 0 Å². The first-order valence-electron chi connectivity index (χ1n) is 10.3. The summed E-state index contributed by atoms with van der Waals surface area (Å²) in [7, 11) is 1.47. The number of anilines is 1. The molecule has 1 saturated heterocycles. The molecule has 1 saturated carbocycles. The summed E-state index contributed by atoms with van der Waals surface area (Å²) >= 11 is 3.54. The molecule has 11 heteroatoms. The van der Waals surface area contributed by atoms with Gasteiger partial charge in [0, 0.05) is 29.5 Å². The van der Waals surface area contributed by atoms with Crippen LogP contribution < -0.4 is 10.5 Å². The average Bonchev–Trinajstić information content (AvgIpc) is 3.52. The van der Waals surface area contributed by atoms with Crippen LogP contribution in [0.25, 0.3) is 22.0 Å². The Labute approximate surface area is 190 Å². The molecule has 1 aromatic carbocycles. The Balaban J connectivity index is 1.59. The fourth-order valence-electron chi connectivity index (χ4n) is 4.13. The van der Waals surface area contributed by atoms with Crippen LogP contribution in [0.4, 0.5) is 10.8 Å². The van der Waals surface area contributed by atoms with Crippen molar-refractivity contribution in [1.29, 1.82) is 0 Å². The largest absolute Gasteiger partial charge is 0.465 e. The summed E-state index contributed by atoms with van der Waals surface area (Å²) in [6.45, 7) is 2.18. The summed E-state index contributed by atoms with van der Waals surface area (Å²) in [4.78, 5) is 44.2. The molecule has 1 aliphatic carbocycles. The number of rotatable bonds is 3. The Bertz CT molecular complexity index is 1330. The molecule has 2 aromatic heterocycles. The van der Waals surface area contributed by atoms with Gasteiger partial charge in [0.1, 0.15) is 0 Å². The topological polar surface area (TPSA) is 118 Å². The number of carbonyl (C=O) groups excluding carboxylic acids is 1. The average molecular weight is 505 g/mol. The van der Waals surface area contributed by atoms with Crippen molar-refractivity contribution in [1.82, 2.24) is 14.5 Å². The van der Waals surface area contributed by atoms with Gasteiger partial charge in [0.05, 0.1) is 18.7 Å². The van der Waals surface area contributed by atoms with Crippen LogP contribution in [0.2, 0.25) is 0 Å². The summed E-state index contributed by atoms with van der Waals surface area (Å²) in [6, 6.07) is 3.86. The van der Waals surface area contributed by atoms with Gasteiger partial charge in [-0.05, 0) is 37.5 Å². The molecule has 3 heterocycles. The molecule has 2 amide bonds. The lowest BCUT2D eigenvalue weighted by atomic mass is 10.1. The molecule has 168 valence electrons. The van der Waals surface area contributed by atoms with Crippen molar-refractivity contribution in [2.24, 2.45) is 0 Å². The number of nitrogens with zero attached hydrogens (tertiary/aromatic N) is 4. The van der Waals surface area contributed by atoms with Gasteiger partial charge >= 0.3 is 12.1 Å². The van der Waals surface area contributed by atoms with Crippen molar-refractivity contribution in [3.63, 3.8) is 0 Å². The third kappa shape index (κ3) is 3.27. The molecule has 0 bridgehead atoms. The van der Waals surface area contributed by atoms with Crippen LogP contribution in [0.15, 0.2) is 25.8 Å². The lowest BCUT2D eigenvalue weighted by Gasteiger charge is -2.31. The number of morpholine rings is 1. The number of pyridine rings is 1. The summed E-state index contributed by atoms with van der Waals surface area (Å²) in [5, 5.41) is 9.96. The third-order valence-electron chi connectivity index (χ3n) is 6.03. The highest BCUT2D eigenvalue weighted by Crippen LogP contribution is 2.40. The highest BCUT2D eigenvalue weighted by Gasteiger charge is 2.34. The molecule has 0 radical (unpaired) electrons. The molecule has 10 nitrogen and oxygen atoms in total. The van der Waals surface area contributed by atoms with Gasteiger partial charge < -0.3 is 23.7 Å². The van der Waals surface area contributed by atoms with Gasteiger partial charge in [-0.15, -0.1) is 0 Å². The number of aryl methyl sites for hydroxylation is 1.